The second kappa shape index (κ2) is 6.92. The quantitative estimate of drug-likeness (QED) is 0.423. The smallest absolute Gasteiger partial charge is 0.167 e. The number of carbonyl (C=O) groups is 1. The van der Waals surface area contributed by atoms with Crippen LogP contribution in [0, 0.1) is 5.41 Å². The largest absolute Gasteiger partial charge is 0.384 e. The lowest BCUT2D eigenvalue weighted by Gasteiger charge is -2.05. The summed E-state index contributed by atoms with van der Waals surface area (Å²) in [7, 11) is 0. The Balaban J connectivity index is 1.72. The Morgan fingerprint density at radius 3 is 1.88 bits per heavy atom. The van der Waals surface area contributed by atoms with E-state index in [2.05, 4.69) is 0 Å². The van der Waals surface area contributed by atoms with Crippen LogP contribution in [0.5, 0.6) is 0 Å². The first-order valence-corrected chi connectivity index (χ1v) is 7.75. The van der Waals surface area contributed by atoms with Gasteiger partial charge in [-0.3, -0.25) is 10.2 Å². The molecule has 0 atom stereocenters. The fraction of sp³-hybridized carbons (Fsp3) is 0.0476. The predicted octanol–water partition coefficient (Wildman–Crippen LogP) is 4.06. The summed E-state index contributed by atoms with van der Waals surface area (Å²) >= 11 is 0. The highest BCUT2D eigenvalue weighted by Crippen LogP contribution is 2.20. The molecule has 3 N–H and O–H groups in total. The summed E-state index contributed by atoms with van der Waals surface area (Å²) < 4.78 is 0. The van der Waals surface area contributed by atoms with Crippen LogP contribution in [0.25, 0.3) is 11.1 Å². The summed E-state index contributed by atoms with van der Waals surface area (Å²) in [4.78, 5) is 12.4. The van der Waals surface area contributed by atoms with Crippen LogP contribution in [0.2, 0.25) is 0 Å². The van der Waals surface area contributed by atoms with E-state index in [0.717, 1.165) is 16.7 Å². The van der Waals surface area contributed by atoms with Gasteiger partial charge >= 0.3 is 0 Å². The van der Waals surface area contributed by atoms with E-state index in [4.69, 9.17) is 11.1 Å². The number of amidine groups is 1. The first-order valence-electron chi connectivity index (χ1n) is 7.75. The molecular formula is C21H18N2O. The number of nitrogens with two attached hydrogens (primary N) is 1. The minimum atomic E-state index is 0.0318. The van der Waals surface area contributed by atoms with Gasteiger partial charge in [0.15, 0.2) is 5.78 Å². The minimum Gasteiger partial charge on any atom is -0.384 e. The number of benzene rings is 3. The molecule has 0 amide bonds. The molecule has 0 spiro atoms. The molecule has 0 aliphatic heterocycles. The molecule has 3 nitrogen and oxygen atoms in total. The fourth-order valence-electron chi connectivity index (χ4n) is 2.57. The van der Waals surface area contributed by atoms with Crippen LogP contribution in [-0.2, 0) is 6.42 Å². The number of nitrogen functional groups attached to an aromatic ring is 1. The van der Waals surface area contributed by atoms with E-state index in [1.807, 2.05) is 66.7 Å². The van der Waals surface area contributed by atoms with Crippen LogP contribution in [0.3, 0.4) is 0 Å². The van der Waals surface area contributed by atoms with E-state index in [1.165, 1.54) is 0 Å². The van der Waals surface area contributed by atoms with Crippen LogP contribution in [0.1, 0.15) is 21.5 Å². The maximum absolute atomic E-state index is 12.4. The van der Waals surface area contributed by atoms with Gasteiger partial charge in [-0.15, -0.1) is 0 Å². The van der Waals surface area contributed by atoms with Gasteiger partial charge in [0.05, 0.1) is 0 Å². The highest BCUT2D eigenvalue weighted by atomic mass is 16.1. The molecule has 0 aromatic heterocycles. The Hall–Kier alpha value is -3.20. The molecule has 0 saturated heterocycles. The van der Waals surface area contributed by atoms with E-state index in [1.54, 1.807) is 12.1 Å². The summed E-state index contributed by atoms with van der Waals surface area (Å²) in [5.41, 5.74) is 9.94. The van der Waals surface area contributed by atoms with Crippen molar-refractivity contribution < 1.29 is 4.79 Å². The molecule has 3 aromatic rings. The number of Topliss-reactive ketones (excluding diaryl/α,β-unsaturated/α-hetero) is 1. The van der Waals surface area contributed by atoms with Crippen molar-refractivity contribution in [3.63, 3.8) is 0 Å². The molecule has 0 fully saturated rings. The lowest BCUT2D eigenvalue weighted by Crippen LogP contribution is -2.11. The van der Waals surface area contributed by atoms with E-state index < -0.39 is 0 Å². The summed E-state index contributed by atoms with van der Waals surface area (Å²) in [5, 5.41) is 7.38. The number of rotatable bonds is 5. The third kappa shape index (κ3) is 3.58. The monoisotopic (exact) mass is 314 g/mol. The number of hydrogen-bond donors (Lipinski definition) is 2. The molecule has 0 heterocycles. The Kier molecular flexibility index (Phi) is 4.52. The third-order valence-electron chi connectivity index (χ3n) is 3.94. The van der Waals surface area contributed by atoms with Crippen molar-refractivity contribution in [1.29, 1.82) is 5.41 Å². The lowest BCUT2D eigenvalue weighted by atomic mass is 9.99. The van der Waals surface area contributed by atoms with Crippen LogP contribution in [0.15, 0.2) is 78.9 Å². The molecule has 0 aliphatic rings. The maximum atomic E-state index is 12.4. The van der Waals surface area contributed by atoms with Gasteiger partial charge in [-0.05, 0) is 16.7 Å². The first kappa shape index (κ1) is 15.7. The number of ketones is 1. The summed E-state index contributed by atoms with van der Waals surface area (Å²) in [6.07, 6.45) is 0.336. The van der Waals surface area contributed by atoms with Crippen molar-refractivity contribution >= 4 is 11.6 Å². The molecule has 3 rings (SSSR count). The second-order valence-electron chi connectivity index (χ2n) is 5.65. The molecule has 0 unspecified atom stereocenters. The summed E-state index contributed by atoms with van der Waals surface area (Å²) in [5.74, 6) is 0.106. The second-order valence-corrected chi connectivity index (χ2v) is 5.65. The van der Waals surface area contributed by atoms with Gasteiger partial charge < -0.3 is 5.73 Å². The van der Waals surface area contributed by atoms with Crippen LogP contribution in [0.4, 0.5) is 0 Å². The van der Waals surface area contributed by atoms with Crippen LogP contribution < -0.4 is 5.73 Å². The molecule has 24 heavy (non-hydrogen) atoms. The van der Waals surface area contributed by atoms with Crippen molar-refractivity contribution in [2.24, 2.45) is 5.73 Å². The molecule has 0 bridgehead atoms. The van der Waals surface area contributed by atoms with E-state index in [-0.39, 0.29) is 11.6 Å². The van der Waals surface area contributed by atoms with Crippen molar-refractivity contribution in [2.45, 2.75) is 6.42 Å². The zero-order chi connectivity index (χ0) is 16.9. The first-order chi connectivity index (χ1) is 11.6. The van der Waals surface area contributed by atoms with E-state index >= 15 is 0 Å². The van der Waals surface area contributed by atoms with Gasteiger partial charge in [-0.2, -0.15) is 0 Å². The Bertz CT molecular complexity index is 851. The van der Waals surface area contributed by atoms with Gasteiger partial charge in [0.1, 0.15) is 5.84 Å². The van der Waals surface area contributed by atoms with Crippen molar-refractivity contribution in [3.05, 3.63) is 95.6 Å². The van der Waals surface area contributed by atoms with E-state index in [0.29, 0.717) is 17.5 Å². The van der Waals surface area contributed by atoms with Gasteiger partial charge in [0.25, 0.3) is 0 Å². The predicted molar refractivity (Wildman–Crippen MR) is 97.4 cm³/mol. The molecular weight excluding hydrogens is 296 g/mol. The van der Waals surface area contributed by atoms with Crippen molar-refractivity contribution in [3.8, 4) is 11.1 Å². The van der Waals surface area contributed by atoms with Gasteiger partial charge in [-0.25, -0.2) is 0 Å². The topological polar surface area (TPSA) is 66.9 Å². The number of hydrogen-bond acceptors (Lipinski definition) is 2. The van der Waals surface area contributed by atoms with Crippen molar-refractivity contribution in [2.75, 3.05) is 0 Å². The lowest BCUT2D eigenvalue weighted by molar-refractivity contribution is 0.0993. The average Bonchev–Trinajstić information content (AvgIpc) is 2.63. The minimum absolute atomic E-state index is 0.0318. The van der Waals surface area contributed by atoms with E-state index in [9.17, 15) is 4.79 Å². The zero-order valence-corrected chi connectivity index (χ0v) is 13.2. The summed E-state index contributed by atoms with van der Waals surface area (Å²) in [6, 6.07) is 25.0. The normalized spacial score (nSPS) is 10.3. The maximum Gasteiger partial charge on any atom is 0.167 e. The number of nitrogens with one attached hydrogen (secondary N) is 1. The zero-order valence-electron chi connectivity index (χ0n) is 13.2. The molecule has 0 radical (unpaired) electrons. The SMILES string of the molecule is N=C(N)c1ccc(CC(=O)c2ccc(-c3ccccc3)cc2)cc1. The molecule has 118 valence electrons. The molecule has 3 aromatic carbocycles. The van der Waals surface area contributed by atoms with Gasteiger partial charge in [-0.1, -0.05) is 78.9 Å². The highest BCUT2D eigenvalue weighted by Gasteiger charge is 2.08. The van der Waals surface area contributed by atoms with Crippen LogP contribution in [-0.4, -0.2) is 11.6 Å². The fourth-order valence-corrected chi connectivity index (χ4v) is 2.57. The Morgan fingerprint density at radius 1 is 0.750 bits per heavy atom. The standard InChI is InChI=1S/C21H18N2O/c22-21(23)19-8-6-15(7-9-19)14-20(24)18-12-10-17(11-13-18)16-4-2-1-3-5-16/h1-13H,14H2,(H3,22,23). The molecule has 3 heteroatoms. The van der Waals surface area contributed by atoms with Gasteiger partial charge in [0.2, 0.25) is 0 Å². The highest BCUT2D eigenvalue weighted by molar-refractivity contribution is 5.98. The molecule has 0 saturated carbocycles. The molecule has 0 aliphatic carbocycles. The Labute approximate surface area is 141 Å². The Morgan fingerprint density at radius 2 is 1.29 bits per heavy atom. The van der Waals surface area contributed by atoms with Crippen LogP contribution >= 0.6 is 0 Å². The average molecular weight is 314 g/mol. The van der Waals surface area contributed by atoms with Gasteiger partial charge in [0, 0.05) is 17.5 Å². The van der Waals surface area contributed by atoms with Crippen molar-refractivity contribution in [1.82, 2.24) is 0 Å². The number of carbonyl (C=O) groups excluding carboxylic acids is 1. The third-order valence-corrected chi connectivity index (χ3v) is 3.94. The summed E-state index contributed by atoms with van der Waals surface area (Å²) in [6.45, 7) is 0.